The third-order valence-corrected chi connectivity index (χ3v) is 2.65. The zero-order chi connectivity index (χ0) is 9.97. The Hall–Kier alpha value is -0.650. The highest BCUT2D eigenvalue weighted by Gasteiger charge is 2.18. The van der Waals surface area contributed by atoms with Crippen molar-refractivity contribution in [2.75, 3.05) is 19.8 Å². The Bertz CT molecular complexity index is 371. The first-order valence-electron chi connectivity index (χ1n) is 4.46. The van der Waals surface area contributed by atoms with E-state index in [1.807, 2.05) is 6.07 Å². The Kier molecular flexibility index (Phi) is 3.00. The Morgan fingerprint density at radius 2 is 2.43 bits per heavy atom. The molecule has 76 valence electrons. The third kappa shape index (κ3) is 2.05. The second-order valence-corrected chi connectivity index (χ2v) is 4.10. The third-order valence-electron chi connectivity index (χ3n) is 2.19. The van der Waals surface area contributed by atoms with E-state index in [1.165, 1.54) is 0 Å². The van der Waals surface area contributed by atoms with Crippen molar-refractivity contribution in [1.29, 1.82) is 0 Å². The molecule has 2 N–H and O–H groups in total. The van der Waals surface area contributed by atoms with E-state index in [0.717, 1.165) is 16.6 Å². The number of H-pyrrole nitrogens is 1. The lowest BCUT2D eigenvalue weighted by molar-refractivity contribution is 0.0764. The fourth-order valence-electron chi connectivity index (χ4n) is 1.50. The van der Waals surface area contributed by atoms with Gasteiger partial charge < -0.3 is 15.0 Å². The lowest BCUT2D eigenvalue weighted by Gasteiger charge is -2.23. The van der Waals surface area contributed by atoms with Crippen LogP contribution in [0.4, 0.5) is 0 Å². The first-order chi connectivity index (χ1) is 6.77. The van der Waals surface area contributed by atoms with Crippen LogP contribution >= 0.6 is 15.9 Å². The van der Waals surface area contributed by atoms with E-state index >= 15 is 0 Å². The summed E-state index contributed by atoms with van der Waals surface area (Å²) < 4.78 is 6.18. The van der Waals surface area contributed by atoms with Gasteiger partial charge in [0.05, 0.1) is 19.3 Å². The maximum Gasteiger partial charge on any atom is 0.252 e. The van der Waals surface area contributed by atoms with Crippen molar-refractivity contribution in [2.45, 2.75) is 6.04 Å². The molecule has 0 bridgehead atoms. The van der Waals surface area contributed by atoms with E-state index in [-0.39, 0.29) is 11.6 Å². The molecule has 0 aromatic carbocycles. The van der Waals surface area contributed by atoms with Crippen molar-refractivity contribution in [2.24, 2.45) is 0 Å². The quantitative estimate of drug-likeness (QED) is 0.784. The Balaban J connectivity index is 2.29. The molecule has 0 radical (unpaired) electrons. The van der Waals surface area contributed by atoms with Gasteiger partial charge in [0, 0.05) is 22.8 Å². The van der Waals surface area contributed by atoms with Crippen molar-refractivity contribution in [3.05, 3.63) is 32.7 Å². The van der Waals surface area contributed by atoms with Crippen LogP contribution in [0.1, 0.15) is 11.6 Å². The zero-order valence-corrected chi connectivity index (χ0v) is 9.13. The van der Waals surface area contributed by atoms with Crippen LogP contribution < -0.4 is 10.9 Å². The molecule has 1 fully saturated rings. The van der Waals surface area contributed by atoms with Crippen LogP contribution in [0.15, 0.2) is 21.5 Å². The molecule has 0 spiro atoms. The summed E-state index contributed by atoms with van der Waals surface area (Å²) in [5.41, 5.74) is 0.662. The van der Waals surface area contributed by atoms with Gasteiger partial charge in [-0.15, -0.1) is 0 Å². The van der Waals surface area contributed by atoms with Crippen LogP contribution in [0.5, 0.6) is 0 Å². The van der Waals surface area contributed by atoms with E-state index in [1.54, 1.807) is 6.20 Å². The van der Waals surface area contributed by atoms with Crippen molar-refractivity contribution in [1.82, 2.24) is 10.3 Å². The highest BCUT2D eigenvalue weighted by molar-refractivity contribution is 9.10. The fourth-order valence-corrected chi connectivity index (χ4v) is 1.86. The number of rotatable bonds is 1. The number of hydrogen-bond donors (Lipinski definition) is 2. The molecule has 2 rings (SSSR count). The predicted molar refractivity (Wildman–Crippen MR) is 56.3 cm³/mol. The smallest absolute Gasteiger partial charge is 0.252 e. The lowest BCUT2D eigenvalue weighted by Crippen LogP contribution is -2.37. The predicted octanol–water partition coefficient (Wildman–Crippen LogP) is 0.798. The van der Waals surface area contributed by atoms with Crippen LogP contribution in [-0.4, -0.2) is 24.7 Å². The summed E-state index contributed by atoms with van der Waals surface area (Å²) in [5.74, 6) is 0. The number of hydrogen-bond acceptors (Lipinski definition) is 3. The van der Waals surface area contributed by atoms with Crippen molar-refractivity contribution < 1.29 is 4.74 Å². The van der Waals surface area contributed by atoms with E-state index < -0.39 is 0 Å². The average molecular weight is 259 g/mol. The molecule has 5 heteroatoms. The number of nitrogens with one attached hydrogen (secondary N) is 2. The molecule has 0 amide bonds. The first-order valence-corrected chi connectivity index (χ1v) is 5.26. The van der Waals surface area contributed by atoms with Crippen LogP contribution in [0.3, 0.4) is 0 Å². The topological polar surface area (TPSA) is 54.1 Å². The molecular weight excluding hydrogens is 248 g/mol. The second-order valence-electron chi connectivity index (χ2n) is 3.18. The van der Waals surface area contributed by atoms with Gasteiger partial charge in [-0.05, 0) is 22.0 Å². The fraction of sp³-hybridized carbons (Fsp3) is 0.444. The van der Waals surface area contributed by atoms with Crippen LogP contribution in [-0.2, 0) is 4.74 Å². The Morgan fingerprint density at radius 1 is 1.57 bits per heavy atom. The Labute approximate surface area is 89.8 Å². The second kappa shape index (κ2) is 4.25. The van der Waals surface area contributed by atoms with Gasteiger partial charge in [0.1, 0.15) is 0 Å². The molecule has 1 aliphatic rings. The number of aromatic amines is 1. The molecule has 1 aromatic rings. The van der Waals surface area contributed by atoms with Crippen molar-refractivity contribution in [3.8, 4) is 0 Å². The molecular formula is C9H11BrN2O2. The monoisotopic (exact) mass is 258 g/mol. The summed E-state index contributed by atoms with van der Waals surface area (Å²) in [5, 5.41) is 3.24. The summed E-state index contributed by atoms with van der Waals surface area (Å²) in [6, 6.07) is 1.83. The summed E-state index contributed by atoms with van der Waals surface area (Å²) in [7, 11) is 0. The molecule has 1 aliphatic heterocycles. The molecule has 1 unspecified atom stereocenters. The lowest BCUT2D eigenvalue weighted by atomic mass is 10.1. The average Bonchev–Trinajstić information content (AvgIpc) is 2.23. The molecule has 1 atom stereocenters. The van der Waals surface area contributed by atoms with Gasteiger partial charge in [0.15, 0.2) is 0 Å². The minimum absolute atomic E-state index is 0.00463. The van der Waals surface area contributed by atoms with Gasteiger partial charge in [-0.2, -0.15) is 0 Å². The van der Waals surface area contributed by atoms with Crippen LogP contribution in [0.2, 0.25) is 0 Å². The normalized spacial score (nSPS) is 22.2. The SMILES string of the molecule is O=c1[nH]cc(Br)cc1C1COCCN1. The minimum atomic E-state index is -0.0591. The highest BCUT2D eigenvalue weighted by atomic mass is 79.9. The number of ether oxygens (including phenoxy) is 1. The van der Waals surface area contributed by atoms with Crippen LogP contribution in [0.25, 0.3) is 0 Å². The maximum absolute atomic E-state index is 11.5. The van der Waals surface area contributed by atoms with Gasteiger partial charge in [0.25, 0.3) is 5.56 Å². The molecule has 1 aromatic heterocycles. The van der Waals surface area contributed by atoms with Gasteiger partial charge in [-0.25, -0.2) is 0 Å². The number of morpholine rings is 1. The number of pyridine rings is 1. The van der Waals surface area contributed by atoms with Crippen molar-refractivity contribution >= 4 is 15.9 Å². The molecule has 2 heterocycles. The molecule has 0 aliphatic carbocycles. The maximum atomic E-state index is 11.5. The number of halogens is 1. The standard InChI is InChI=1S/C9H11BrN2O2/c10-6-3-7(9(13)12-4-6)8-5-14-2-1-11-8/h3-4,8,11H,1-2,5H2,(H,12,13). The van der Waals surface area contributed by atoms with Gasteiger partial charge in [-0.1, -0.05) is 0 Å². The van der Waals surface area contributed by atoms with E-state index in [9.17, 15) is 4.79 Å². The summed E-state index contributed by atoms with van der Waals surface area (Å²) >= 11 is 3.32. The largest absolute Gasteiger partial charge is 0.378 e. The zero-order valence-electron chi connectivity index (χ0n) is 7.55. The molecule has 1 saturated heterocycles. The van der Waals surface area contributed by atoms with Gasteiger partial charge >= 0.3 is 0 Å². The van der Waals surface area contributed by atoms with Gasteiger partial charge in [0.2, 0.25) is 0 Å². The van der Waals surface area contributed by atoms with Gasteiger partial charge in [-0.3, -0.25) is 4.79 Å². The highest BCUT2D eigenvalue weighted by Crippen LogP contribution is 2.15. The van der Waals surface area contributed by atoms with E-state index in [2.05, 4.69) is 26.2 Å². The van der Waals surface area contributed by atoms with Crippen LogP contribution in [0, 0.1) is 0 Å². The van der Waals surface area contributed by atoms with Crippen molar-refractivity contribution in [3.63, 3.8) is 0 Å². The number of aromatic nitrogens is 1. The Morgan fingerprint density at radius 3 is 3.14 bits per heavy atom. The van der Waals surface area contributed by atoms with E-state index in [4.69, 9.17) is 4.74 Å². The first kappa shape index (κ1) is 9.89. The minimum Gasteiger partial charge on any atom is -0.378 e. The molecule has 0 saturated carbocycles. The van der Waals surface area contributed by atoms with E-state index in [0.29, 0.717) is 13.2 Å². The summed E-state index contributed by atoms with van der Waals surface area (Å²) in [6.45, 7) is 2.05. The molecule has 4 nitrogen and oxygen atoms in total. The molecule has 14 heavy (non-hydrogen) atoms. The summed E-state index contributed by atoms with van der Waals surface area (Å²) in [6.07, 6.45) is 1.63. The summed E-state index contributed by atoms with van der Waals surface area (Å²) in [4.78, 5) is 14.2.